The predicted octanol–water partition coefficient (Wildman–Crippen LogP) is 0.330. The molecule has 0 aromatic carbocycles. The topological polar surface area (TPSA) is 38.4 Å². The minimum Gasteiger partial charge on any atom is -0.291 e. The van der Waals surface area contributed by atoms with Crippen molar-refractivity contribution in [3.05, 3.63) is 0 Å². The molecule has 1 rings (SSSR count). The van der Waals surface area contributed by atoms with Crippen molar-refractivity contribution < 1.29 is 0 Å². The second-order valence-corrected chi connectivity index (χ2v) is 3.38. The van der Waals surface area contributed by atoms with E-state index in [1.165, 1.54) is 23.1 Å². The van der Waals surface area contributed by atoms with Gasteiger partial charge in [0.15, 0.2) is 0 Å². The average molecular weight is 150 g/mol. The van der Waals surface area contributed by atoms with E-state index in [2.05, 4.69) is 3.77 Å². The Morgan fingerprint density at radius 2 is 2.43 bits per heavy atom. The second-order valence-electron chi connectivity index (χ2n) is 0.909. The van der Waals surface area contributed by atoms with Crippen LogP contribution >= 0.6 is 24.2 Å². The van der Waals surface area contributed by atoms with Crippen LogP contribution in [0.3, 0.4) is 0 Å². The highest BCUT2D eigenvalue weighted by atomic mass is 32.2. The number of hydrogen-bond acceptors (Lipinski definition) is 4. The van der Waals surface area contributed by atoms with Crippen LogP contribution in [0.4, 0.5) is 0 Å². The Morgan fingerprint density at radius 1 is 1.71 bits per heavy atom. The summed E-state index contributed by atoms with van der Waals surface area (Å²) in [6.45, 7) is 0. The summed E-state index contributed by atoms with van der Waals surface area (Å²) >= 11 is 7.24. The molecule has 7 heavy (non-hydrogen) atoms. The highest BCUT2D eigenvalue weighted by Gasteiger charge is 2.03. The van der Waals surface area contributed by atoms with Crippen molar-refractivity contribution in [2.75, 3.05) is 0 Å². The third-order valence-electron chi connectivity index (χ3n) is 0.457. The van der Waals surface area contributed by atoms with Crippen molar-refractivity contribution in [1.82, 2.24) is 0 Å². The van der Waals surface area contributed by atoms with Gasteiger partial charge in [-0.25, -0.2) is 0 Å². The molecule has 2 N–H and O–H groups in total. The zero-order chi connectivity index (χ0) is 5.28. The molecular formula is C2H2N2S3. The number of nitrogens with two attached hydrogens (primary N) is 1. The molecule has 5 heteroatoms. The molecule has 2 nitrogen and oxygen atoms in total. The van der Waals surface area contributed by atoms with Gasteiger partial charge in [-0.3, -0.25) is 5.73 Å². The van der Waals surface area contributed by atoms with Crippen molar-refractivity contribution in [2.24, 2.45) is 9.50 Å². The molecule has 0 aliphatic carbocycles. The van der Waals surface area contributed by atoms with Gasteiger partial charge in [0.1, 0.15) is 9.19 Å². The van der Waals surface area contributed by atoms with Crippen LogP contribution in [0.2, 0.25) is 0 Å². The lowest BCUT2D eigenvalue weighted by Gasteiger charge is -1.81. The maximum absolute atomic E-state index is 5.30. The minimum absolute atomic E-state index is 0.653. The van der Waals surface area contributed by atoms with Crippen molar-refractivity contribution in [1.29, 1.82) is 0 Å². The number of hydrogen-bond donors (Lipinski definition) is 1. The fourth-order valence-corrected chi connectivity index (χ4v) is 1.69. The van der Waals surface area contributed by atoms with Gasteiger partial charge in [0.05, 0.1) is 0 Å². The summed E-state index contributed by atoms with van der Waals surface area (Å²) < 4.78 is 4.47. The minimum atomic E-state index is 0.653. The molecule has 1 aliphatic rings. The summed E-state index contributed by atoms with van der Waals surface area (Å²) in [5.74, 6) is 0. The summed E-state index contributed by atoms with van der Waals surface area (Å²) in [6.07, 6.45) is 0. The van der Waals surface area contributed by atoms with E-state index >= 15 is 0 Å². The maximum atomic E-state index is 5.30. The Bertz CT molecular complexity index is 166. The highest BCUT2D eigenvalue weighted by molar-refractivity contribution is 8.29. The first kappa shape index (κ1) is 5.43. The predicted molar refractivity (Wildman–Crippen MR) is 39.2 cm³/mol. The highest BCUT2D eigenvalue weighted by Crippen LogP contribution is 2.08. The van der Waals surface area contributed by atoms with E-state index in [0.717, 1.165) is 0 Å². The fourth-order valence-electron chi connectivity index (χ4n) is 0.175. The third kappa shape index (κ3) is 1.09. The number of thiocarbonyl (C=S) groups is 1. The number of nitrogens with zero attached hydrogens (tertiary/aromatic N) is 1. The van der Waals surface area contributed by atoms with Gasteiger partial charge in [0, 0.05) is 11.9 Å². The Kier molecular flexibility index (Phi) is 1.58. The molecule has 0 aromatic rings. The fraction of sp³-hybridized carbons (Fsp3) is 0. The summed E-state index contributed by atoms with van der Waals surface area (Å²) in [7, 11) is 0. The van der Waals surface area contributed by atoms with Crippen molar-refractivity contribution in [3.8, 4) is 0 Å². The summed E-state index contributed by atoms with van der Waals surface area (Å²) in [5.41, 5.74) is 5.30. The van der Waals surface area contributed by atoms with Crippen LogP contribution in [0.1, 0.15) is 0 Å². The van der Waals surface area contributed by atoms with Crippen LogP contribution in [0.5, 0.6) is 0 Å². The summed E-state index contributed by atoms with van der Waals surface area (Å²) in [5, 5.41) is 0. The van der Waals surface area contributed by atoms with Crippen LogP contribution in [0, 0.1) is 0 Å². The molecule has 0 saturated heterocycles. The van der Waals surface area contributed by atoms with Gasteiger partial charge >= 0.3 is 0 Å². The van der Waals surface area contributed by atoms with E-state index in [4.69, 9.17) is 18.0 Å². The van der Waals surface area contributed by atoms with Crippen LogP contribution in [0.25, 0.3) is 0 Å². The molecule has 0 fully saturated rings. The molecule has 0 saturated carbocycles. The van der Waals surface area contributed by atoms with Crippen LogP contribution in [0.15, 0.2) is 3.77 Å². The molecule has 0 atom stereocenters. The molecule has 0 spiro atoms. The molecule has 1 aliphatic heterocycles. The first-order valence-corrected chi connectivity index (χ1v) is 3.47. The Balaban J connectivity index is 2.90. The summed E-state index contributed by atoms with van der Waals surface area (Å²) in [4.78, 5) is 0.653. The second kappa shape index (κ2) is 2.04. The third-order valence-corrected chi connectivity index (χ3v) is 2.54. The van der Waals surface area contributed by atoms with Gasteiger partial charge in [0.25, 0.3) is 0 Å². The zero-order valence-corrected chi connectivity index (χ0v) is 5.70. The Hall–Kier alpha value is 0.290. The zero-order valence-electron chi connectivity index (χ0n) is 3.25. The van der Waals surface area contributed by atoms with Gasteiger partial charge in [0.2, 0.25) is 0 Å². The van der Waals surface area contributed by atoms with E-state index < -0.39 is 0 Å². The molecule has 0 radical (unpaired) electrons. The maximum Gasteiger partial charge on any atom is 0.124 e. The Morgan fingerprint density at radius 3 is 2.57 bits per heavy atom. The molecule has 1 heterocycles. The smallest absolute Gasteiger partial charge is 0.124 e. The van der Waals surface area contributed by atoms with Gasteiger partial charge in [-0.1, -0.05) is 12.2 Å². The van der Waals surface area contributed by atoms with Crippen molar-refractivity contribution in [2.45, 2.75) is 0 Å². The van der Waals surface area contributed by atoms with Gasteiger partial charge < -0.3 is 0 Å². The molecule has 0 amide bonds. The quantitative estimate of drug-likeness (QED) is 0.399. The van der Waals surface area contributed by atoms with Crippen molar-refractivity contribution in [3.63, 3.8) is 0 Å². The van der Waals surface area contributed by atoms with Gasteiger partial charge in [-0.05, 0) is 11.1 Å². The van der Waals surface area contributed by atoms with Crippen LogP contribution in [-0.4, -0.2) is 9.19 Å². The molecular weight excluding hydrogens is 148 g/mol. The first-order valence-electron chi connectivity index (χ1n) is 1.52. The lowest BCUT2D eigenvalue weighted by molar-refractivity contribution is 1.89. The van der Waals surface area contributed by atoms with Crippen LogP contribution < -0.4 is 5.73 Å². The van der Waals surface area contributed by atoms with E-state index in [-0.39, 0.29) is 0 Å². The molecule has 38 valence electrons. The van der Waals surface area contributed by atoms with E-state index in [0.29, 0.717) is 9.19 Å². The van der Waals surface area contributed by atoms with E-state index in [1.807, 2.05) is 0 Å². The monoisotopic (exact) mass is 150 g/mol. The normalized spacial score (nSPS) is 19.0. The molecule has 0 bridgehead atoms. The SMILES string of the molecule is NC1=S=NSC1=S. The largest absolute Gasteiger partial charge is 0.291 e. The number of rotatable bonds is 0. The lowest BCUT2D eigenvalue weighted by Crippen LogP contribution is -2.15. The van der Waals surface area contributed by atoms with Gasteiger partial charge in [-0.15, -0.1) is 0 Å². The average Bonchev–Trinajstić information content (AvgIpc) is 1.91. The van der Waals surface area contributed by atoms with Crippen molar-refractivity contribution >= 4 is 44.5 Å². The standard InChI is InChI=1S/C2H2N2S3/c3-1-2(5)7-4-6-1/h3H2. The first-order chi connectivity index (χ1) is 3.30. The van der Waals surface area contributed by atoms with E-state index in [1.54, 1.807) is 0 Å². The van der Waals surface area contributed by atoms with Crippen LogP contribution in [-0.2, 0) is 11.1 Å². The Labute approximate surface area is 54.3 Å². The lowest BCUT2D eigenvalue weighted by atomic mass is 10.8. The van der Waals surface area contributed by atoms with Gasteiger partial charge in [-0.2, -0.15) is 3.77 Å². The summed E-state index contributed by atoms with van der Waals surface area (Å²) in [6, 6.07) is 0. The van der Waals surface area contributed by atoms with E-state index in [9.17, 15) is 0 Å². The molecule has 0 aromatic heterocycles. The molecule has 0 unspecified atom stereocenters.